The van der Waals surface area contributed by atoms with E-state index < -0.39 is 0 Å². The van der Waals surface area contributed by atoms with Gasteiger partial charge in [-0.2, -0.15) is 5.10 Å². The molecule has 4 rings (SSSR count). The van der Waals surface area contributed by atoms with Crippen molar-refractivity contribution in [2.75, 3.05) is 33.3 Å². The number of fused-ring (bicyclic) bond motifs is 1. The molecule has 1 atom stereocenters. The molecule has 0 bridgehead atoms. The zero-order chi connectivity index (χ0) is 19.3. The first-order valence-electron chi connectivity index (χ1n) is 8.50. The van der Waals surface area contributed by atoms with Gasteiger partial charge < -0.3 is 24.3 Å². The molecule has 0 aliphatic carbocycles. The Hall–Kier alpha value is -3.16. The molecular weight excluding hydrogens is 350 g/mol. The molecule has 2 aliphatic rings. The highest BCUT2D eigenvalue weighted by Gasteiger charge is 2.41. The first-order chi connectivity index (χ1) is 13.0. The summed E-state index contributed by atoms with van der Waals surface area (Å²) < 4.78 is 23.5. The summed E-state index contributed by atoms with van der Waals surface area (Å²) in [7, 11) is 6.56. The number of cyclic esters (lactones) is 1. The number of hydrogen-bond donors (Lipinski definition) is 1. The second-order valence-corrected chi connectivity index (χ2v) is 6.46. The maximum absolute atomic E-state index is 12.5. The largest absolute Gasteiger partial charge is 0.493 e. The van der Waals surface area contributed by atoms with Gasteiger partial charge in [0, 0.05) is 18.5 Å². The molecule has 0 spiro atoms. The van der Waals surface area contributed by atoms with Crippen molar-refractivity contribution in [2.24, 2.45) is 7.05 Å². The molecule has 0 saturated heterocycles. The Morgan fingerprint density at radius 2 is 1.85 bits per heavy atom. The smallest absolute Gasteiger partial charge is 0.337 e. The maximum atomic E-state index is 12.5. The van der Waals surface area contributed by atoms with Gasteiger partial charge in [0.05, 0.1) is 38.3 Å². The fraction of sp³-hybridized carbons (Fsp3) is 0.368. The Bertz CT molecular complexity index is 951. The number of esters is 1. The van der Waals surface area contributed by atoms with Crippen LogP contribution >= 0.6 is 0 Å². The van der Waals surface area contributed by atoms with E-state index in [2.05, 4.69) is 10.4 Å². The summed E-state index contributed by atoms with van der Waals surface area (Å²) in [6.45, 7) is 2.15. The van der Waals surface area contributed by atoms with E-state index in [0.717, 1.165) is 28.3 Å². The summed E-state index contributed by atoms with van der Waals surface area (Å²) in [5.74, 6) is 1.75. The van der Waals surface area contributed by atoms with E-state index in [1.165, 1.54) is 0 Å². The lowest BCUT2D eigenvalue weighted by molar-refractivity contribution is -0.136. The van der Waals surface area contributed by atoms with E-state index in [-0.39, 0.29) is 18.5 Å². The number of rotatable bonds is 4. The summed E-state index contributed by atoms with van der Waals surface area (Å²) in [5.41, 5.74) is 3.96. The van der Waals surface area contributed by atoms with E-state index >= 15 is 0 Å². The number of ether oxygens (including phenoxy) is 4. The zero-order valence-electron chi connectivity index (χ0n) is 15.9. The van der Waals surface area contributed by atoms with Crippen LogP contribution in [0.2, 0.25) is 0 Å². The molecule has 3 heterocycles. The molecule has 2 aliphatic heterocycles. The molecular formula is C19H21N3O5. The predicted molar refractivity (Wildman–Crippen MR) is 97.5 cm³/mol. The van der Waals surface area contributed by atoms with Crippen molar-refractivity contribution in [3.8, 4) is 17.2 Å². The Morgan fingerprint density at radius 1 is 1.19 bits per heavy atom. The fourth-order valence-corrected chi connectivity index (χ4v) is 3.87. The summed E-state index contributed by atoms with van der Waals surface area (Å²) in [6.07, 6.45) is 0. The average molecular weight is 371 g/mol. The van der Waals surface area contributed by atoms with Crippen molar-refractivity contribution in [2.45, 2.75) is 12.8 Å². The standard InChI is InChI=1S/C19H21N3O5/c1-9-14-15(10-6-12(24-3)17(26-5)13(7-10)25-4)16-11(8-27-19(16)23)20-18(14)22(2)21-9/h6-7,15,20H,8H2,1-5H3/t15-/m0/s1. The van der Waals surface area contributed by atoms with E-state index in [0.29, 0.717) is 22.8 Å². The van der Waals surface area contributed by atoms with Gasteiger partial charge >= 0.3 is 5.97 Å². The van der Waals surface area contributed by atoms with Crippen molar-refractivity contribution in [3.63, 3.8) is 0 Å². The Kier molecular flexibility index (Phi) is 3.98. The minimum absolute atomic E-state index is 0.221. The molecule has 8 nitrogen and oxygen atoms in total. The lowest BCUT2D eigenvalue weighted by Gasteiger charge is -2.26. The van der Waals surface area contributed by atoms with Gasteiger partial charge in [-0.3, -0.25) is 4.68 Å². The predicted octanol–water partition coefficient (Wildman–Crippen LogP) is 2.12. The van der Waals surface area contributed by atoms with E-state index in [1.807, 2.05) is 26.1 Å². The third-order valence-corrected chi connectivity index (χ3v) is 5.03. The minimum atomic E-state index is -0.339. The van der Waals surface area contributed by atoms with Gasteiger partial charge in [-0.15, -0.1) is 0 Å². The molecule has 0 saturated carbocycles. The SMILES string of the molecule is COc1cc([C@@H]2C3=C(COC3=O)Nc3c2c(C)nn3C)cc(OC)c1OC. The number of anilines is 1. The molecule has 27 heavy (non-hydrogen) atoms. The summed E-state index contributed by atoms with van der Waals surface area (Å²) in [5, 5.41) is 7.83. The fourth-order valence-electron chi connectivity index (χ4n) is 3.87. The van der Waals surface area contributed by atoms with Crippen LogP contribution in [-0.2, 0) is 16.6 Å². The topological polar surface area (TPSA) is 83.8 Å². The molecule has 8 heteroatoms. The third kappa shape index (κ3) is 2.43. The molecule has 1 aromatic heterocycles. The molecule has 0 fully saturated rings. The molecule has 142 valence electrons. The van der Waals surface area contributed by atoms with Crippen LogP contribution < -0.4 is 19.5 Å². The molecule has 1 N–H and O–H groups in total. The van der Waals surface area contributed by atoms with Gasteiger partial charge in [-0.1, -0.05) is 0 Å². The van der Waals surface area contributed by atoms with E-state index in [9.17, 15) is 4.79 Å². The van der Waals surface area contributed by atoms with Gasteiger partial charge in [-0.05, 0) is 24.6 Å². The number of nitrogens with zero attached hydrogens (tertiary/aromatic N) is 2. The van der Waals surface area contributed by atoms with Crippen LogP contribution in [0.25, 0.3) is 0 Å². The van der Waals surface area contributed by atoms with Gasteiger partial charge in [0.15, 0.2) is 11.5 Å². The molecule has 1 aromatic carbocycles. The minimum Gasteiger partial charge on any atom is -0.493 e. The van der Waals surface area contributed by atoms with Crippen molar-refractivity contribution in [3.05, 3.63) is 40.2 Å². The number of carbonyl (C=O) groups excluding carboxylic acids is 1. The number of hydrogen-bond acceptors (Lipinski definition) is 7. The van der Waals surface area contributed by atoms with Crippen molar-refractivity contribution in [1.82, 2.24) is 9.78 Å². The van der Waals surface area contributed by atoms with Crippen LogP contribution in [-0.4, -0.2) is 43.7 Å². The number of aryl methyl sites for hydroxylation is 2. The van der Waals surface area contributed by atoms with Gasteiger partial charge in [0.25, 0.3) is 0 Å². The maximum Gasteiger partial charge on any atom is 0.337 e. The van der Waals surface area contributed by atoms with Crippen molar-refractivity contribution < 1.29 is 23.7 Å². The number of aromatic nitrogens is 2. The van der Waals surface area contributed by atoms with Crippen LogP contribution in [0.15, 0.2) is 23.4 Å². The van der Waals surface area contributed by atoms with Crippen LogP contribution in [0, 0.1) is 6.92 Å². The molecule has 0 unspecified atom stereocenters. The number of benzene rings is 1. The highest BCUT2D eigenvalue weighted by molar-refractivity contribution is 5.97. The molecule has 0 radical (unpaired) electrons. The Labute approximate surface area is 156 Å². The van der Waals surface area contributed by atoms with E-state index in [1.54, 1.807) is 26.0 Å². The number of carbonyl (C=O) groups is 1. The Balaban J connectivity index is 1.98. The third-order valence-electron chi connectivity index (χ3n) is 5.03. The van der Waals surface area contributed by atoms with E-state index in [4.69, 9.17) is 18.9 Å². The van der Waals surface area contributed by atoms with Gasteiger partial charge in [0.2, 0.25) is 5.75 Å². The number of methoxy groups -OCH3 is 3. The summed E-state index contributed by atoms with van der Waals surface area (Å²) >= 11 is 0. The first kappa shape index (κ1) is 17.3. The second kappa shape index (κ2) is 6.22. The first-order valence-corrected chi connectivity index (χ1v) is 8.50. The normalized spacial score (nSPS) is 17.8. The average Bonchev–Trinajstić information content (AvgIpc) is 3.18. The van der Waals surface area contributed by atoms with Crippen LogP contribution in [0.3, 0.4) is 0 Å². The van der Waals surface area contributed by atoms with Crippen molar-refractivity contribution >= 4 is 11.8 Å². The summed E-state index contributed by atoms with van der Waals surface area (Å²) in [6, 6.07) is 3.73. The lowest BCUT2D eigenvalue weighted by atomic mass is 9.81. The highest BCUT2D eigenvalue weighted by Crippen LogP contribution is 2.49. The molecule has 0 amide bonds. The van der Waals surface area contributed by atoms with Crippen LogP contribution in [0.5, 0.6) is 17.2 Å². The zero-order valence-corrected chi connectivity index (χ0v) is 15.9. The quantitative estimate of drug-likeness (QED) is 0.824. The summed E-state index contributed by atoms with van der Waals surface area (Å²) in [4.78, 5) is 12.5. The van der Waals surface area contributed by atoms with Crippen molar-refractivity contribution in [1.29, 1.82) is 0 Å². The second-order valence-electron chi connectivity index (χ2n) is 6.46. The van der Waals surface area contributed by atoms with Crippen LogP contribution in [0.4, 0.5) is 5.82 Å². The molecule has 2 aromatic rings. The monoisotopic (exact) mass is 371 g/mol. The highest BCUT2D eigenvalue weighted by atomic mass is 16.5. The number of nitrogens with one attached hydrogen (secondary N) is 1. The van der Waals surface area contributed by atoms with Gasteiger partial charge in [-0.25, -0.2) is 4.79 Å². The van der Waals surface area contributed by atoms with Crippen LogP contribution in [0.1, 0.15) is 22.7 Å². The van der Waals surface area contributed by atoms with Gasteiger partial charge in [0.1, 0.15) is 12.4 Å². The lowest BCUT2D eigenvalue weighted by Crippen LogP contribution is -2.21. The Morgan fingerprint density at radius 3 is 2.44 bits per heavy atom.